The Kier molecular flexibility index (Phi) is 4.62. The van der Waals surface area contributed by atoms with E-state index >= 15 is 0 Å². The first kappa shape index (κ1) is 14.4. The average Bonchev–Trinajstić information content (AvgIpc) is 2.32. The van der Waals surface area contributed by atoms with Gasteiger partial charge in [0.15, 0.2) is 0 Å². The molecule has 0 N–H and O–H groups in total. The second-order valence-electron chi connectivity index (χ2n) is 3.83. The molecule has 1 aromatic rings. The van der Waals surface area contributed by atoms with Crippen LogP contribution < -0.4 is 0 Å². The third-order valence-electron chi connectivity index (χ3n) is 2.79. The number of aliphatic imine (C=N–C) groups is 1. The van der Waals surface area contributed by atoms with E-state index in [0.717, 1.165) is 12.1 Å². The summed E-state index contributed by atoms with van der Waals surface area (Å²) in [7, 11) is 1.65. The molecule has 1 aromatic carbocycles. The first-order valence-corrected chi connectivity index (χ1v) is 5.57. The number of hydrogen-bond acceptors (Lipinski definition) is 2. The van der Waals surface area contributed by atoms with Gasteiger partial charge in [0.05, 0.1) is 11.1 Å². The molecule has 0 fully saturated rings. The lowest BCUT2D eigenvalue weighted by molar-refractivity contribution is 0.385. The maximum absolute atomic E-state index is 13.7. The van der Waals surface area contributed by atoms with Gasteiger partial charge in [0, 0.05) is 12.6 Å². The van der Waals surface area contributed by atoms with Crippen LogP contribution in [0.4, 0.5) is 8.78 Å². The Morgan fingerprint density at radius 3 is 2.61 bits per heavy atom. The van der Waals surface area contributed by atoms with Crippen LogP contribution in [0.2, 0.25) is 5.02 Å². The van der Waals surface area contributed by atoms with Gasteiger partial charge in [-0.1, -0.05) is 11.6 Å². The molecule has 18 heavy (non-hydrogen) atoms. The van der Waals surface area contributed by atoms with Crippen LogP contribution >= 0.6 is 11.6 Å². The van der Waals surface area contributed by atoms with Crippen molar-refractivity contribution in [2.75, 3.05) is 7.05 Å². The van der Waals surface area contributed by atoms with E-state index in [-0.39, 0.29) is 10.6 Å². The van der Waals surface area contributed by atoms with E-state index in [1.54, 1.807) is 32.0 Å². The highest BCUT2D eigenvalue weighted by molar-refractivity contribution is 6.30. The van der Waals surface area contributed by atoms with Crippen LogP contribution in [0.5, 0.6) is 0 Å². The molecule has 0 aromatic heterocycles. The zero-order chi connectivity index (χ0) is 13.9. The third-order valence-corrected chi connectivity index (χ3v) is 3.08. The van der Waals surface area contributed by atoms with Crippen molar-refractivity contribution >= 4 is 17.4 Å². The molecular formula is C12H12ClF2N3. The third kappa shape index (κ3) is 2.96. The highest BCUT2D eigenvalue weighted by Gasteiger charge is 2.19. The van der Waals surface area contributed by atoms with Crippen LogP contribution in [-0.4, -0.2) is 17.8 Å². The number of rotatable bonds is 2. The summed E-state index contributed by atoms with van der Waals surface area (Å²) < 4.78 is 27.0. The fraction of sp³-hybridized carbons (Fsp3) is 0.333. The monoisotopic (exact) mass is 271 g/mol. The summed E-state index contributed by atoms with van der Waals surface area (Å²) in [4.78, 5) is 5.12. The van der Waals surface area contributed by atoms with E-state index in [0.29, 0.717) is 5.84 Å². The highest BCUT2D eigenvalue weighted by atomic mass is 35.5. The van der Waals surface area contributed by atoms with Crippen molar-refractivity contribution < 1.29 is 8.78 Å². The highest BCUT2D eigenvalue weighted by Crippen LogP contribution is 2.26. The van der Waals surface area contributed by atoms with Gasteiger partial charge in [-0.15, -0.1) is 0 Å². The Hall–Kier alpha value is -1.67. The quantitative estimate of drug-likeness (QED) is 0.357. The van der Waals surface area contributed by atoms with Gasteiger partial charge in [-0.3, -0.25) is 0 Å². The summed E-state index contributed by atoms with van der Waals surface area (Å²) >= 11 is 5.49. The topological polar surface area (TPSA) is 39.4 Å². The zero-order valence-corrected chi connectivity index (χ0v) is 11.0. The number of amidine groups is 1. The lowest BCUT2D eigenvalue weighted by Crippen LogP contribution is -2.28. The number of nitriles is 1. The summed E-state index contributed by atoms with van der Waals surface area (Å²) in [5.74, 6) is -0.853. The molecule has 0 heterocycles. The predicted octanol–water partition coefficient (Wildman–Crippen LogP) is 3.51. The summed E-state index contributed by atoms with van der Waals surface area (Å²) in [5, 5.41) is 8.20. The second-order valence-corrected chi connectivity index (χ2v) is 4.24. The first-order chi connectivity index (χ1) is 8.38. The molecule has 0 amide bonds. The number of nitrogens with zero attached hydrogens (tertiary/aromatic N) is 3. The van der Waals surface area contributed by atoms with E-state index in [2.05, 4.69) is 4.99 Å². The largest absolute Gasteiger partial charge is 0.356 e. The van der Waals surface area contributed by atoms with Crippen molar-refractivity contribution in [3.05, 3.63) is 34.4 Å². The van der Waals surface area contributed by atoms with Crippen molar-refractivity contribution in [1.82, 2.24) is 4.90 Å². The molecule has 1 rings (SSSR count). The lowest BCUT2D eigenvalue weighted by Gasteiger charge is -2.26. The van der Waals surface area contributed by atoms with Gasteiger partial charge in [0.25, 0.3) is 0 Å². The Morgan fingerprint density at radius 1 is 1.44 bits per heavy atom. The Labute approximate surface area is 109 Å². The first-order valence-electron chi connectivity index (χ1n) is 5.19. The Morgan fingerprint density at radius 2 is 2.06 bits per heavy atom. The number of halogens is 3. The van der Waals surface area contributed by atoms with Gasteiger partial charge in [-0.2, -0.15) is 10.3 Å². The van der Waals surface area contributed by atoms with Crippen molar-refractivity contribution in [3.8, 4) is 6.19 Å². The lowest BCUT2D eigenvalue weighted by atomic mass is 10.1. The molecule has 3 nitrogen and oxygen atoms in total. The minimum atomic E-state index is -0.678. The maximum Gasteiger partial charge on any atom is 0.207 e. The van der Waals surface area contributed by atoms with Crippen molar-refractivity contribution in [2.24, 2.45) is 4.99 Å². The van der Waals surface area contributed by atoms with Gasteiger partial charge in [0.2, 0.25) is 6.19 Å². The van der Waals surface area contributed by atoms with Crippen LogP contribution in [0.3, 0.4) is 0 Å². The molecule has 0 aliphatic carbocycles. The van der Waals surface area contributed by atoms with E-state index in [1.807, 2.05) is 0 Å². The average molecular weight is 272 g/mol. The predicted molar refractivity (Wildman–Crippen MR) is 66.3 cm³/mol. The standard InChI is InChI=1S/C12H12ClF2N3/c1-7(18(3)8(2)17-6-16)9-4-12(15)10(13)5-11(9)14/h4-5,7H,1-3H3/b17-8+. The van der Waals surface area contributed by atoms with Gasteiger partial charge >= 0.3 is 0 Å². The van der Waals surface area contributed by atoms with E-state index < -0.39 is 17.7 Å². The van der Waals surface area contributed by atoms with Crippen LogP contribution in [0.25, 0.3) is 0 Å². The van der Waals surface area contributed by atoms with Gasteiger partial charge in [0.1, 0.15) is 17.5 Å². The number of benzene rings is 1. The fourth-order valence-corrected chi connectivity index (χ4v) is 1.65. The van der Waals surface area contributed by atoms with Crippen LogP contribution in [0.15, 0.2) is 17.1 Å². The molecule has 6 heteroatoms. The summed E-state index contributed by atoms with van der Waals surface area (Å²) in [6.07, 6.45) is 1.65. The van der Waals surface area contributed by atoms with Crippen LogP contribution in [-0.2, 0) is 0 Å². The molecule has 1 atom stereocenters. The van der Waals surface area contributed by atoms with E-state index in [4.69, 9.17) is 16.9 Å². The number of hydrogen-bond donors (Lipinski definition) is 0. The van der Waals surface area contributed by atoms with E-state index in [9.17, 15) is 8.78 Å². The van der Waals surface area contributed by atoms with Gasteiger partial charge in [-0.05, 0) is 26.0 Å². The fourth-order valence-electron chi connectivity index (χ4n) is 1.50. The van der Waals surface area contributed by atoms with E-state index in [1.165, 1.54) is 0 Å². The van der Waals surface area contributed by atoms with Gasteiger partial charge in [-0.25, -0.2) is 8.78 Å². The summed E-state index contributed by atoms with van der Waals surface area (Å²) in [6, 6.07) is 1.53. The van der Waals surface area contributed by atoms with Gasteiger partial charge < -0.3 is 4.90 Å². The molecule has 96 valence electrons. The maximum atomic E-state index is 13.7. The van der Waals surface area contributed by atoms with Crippen molar-refractivity contribution in [2.45, 2.75) is 19.9 Å². The molecular weight excluding hydrogens is 260 g/mol. The molecule has 1 unspecified atom stereocenters. The molecule has 0 saturated heterocycles. The molecule has 0 aliphatic heterocycles. The summed E-state index contributed by atoms with van der Waals surface area (Å²) in [6.45, 7) is 3.30. The molecule has 0 bridgehead atoms. The van der Waals surface area contributed by atoms with Crippen molar-refractivity contribution in [1.29, 1.82) is 5.26 Å². The normalized spacial score (nSPS) is 13.1. The minimum absolute atomic E-state index is 0.159. The Balaban J connectivity index is 3.12. The van der Waals surface area contributed by atoms with Crippen LogP contribution in [0, 0.1) is 23.1 Å². The zero-order valence-electron chi connectivity index (χ0n) is 10.2. The molecule has 0 radical (unpaired) electrons. The second kappa shape index (κ2) is 5.78. The smallest absolute Gasteiger partial charge is 0.207 e. The SMILES string of the molecule is C/C(=N\C#N)N(C)C(C)c1cc(F)c(Cl)cc1F. The molecule has 0 spiro atoms. The van der Waals surface area contributed by atoms with Crippen molar-refractivity contribution in [3.63, 3.8) is 0 Å². The summed E-state index contributed by atoms with van der Waals surface area (Å²) in [5.41, 5.74) is 0.159. The Bertz CT molecular complexity index is 523. The molecule has 0 saturated carbocycles. The van der Waals surface area contributed by atoms with Crippen LogP contribution in [0.1, 0.15) is 25.5 Å². The molecule has 0 aliphatic rings. The minimum Gasteiger partial charge on any atom is -0.356 e.